The Hall–Kier alpha value is -3.22. The molecule has 0 heterocycles. The highest BCUT2D eigenvalue weighted by Crippen LogP contribution is 2.16. The molecule has 0 aromatic heterocycles. The minimum atomic E-state index is -2.87. The summed E-state index contributed by atoms with van der Waals surface area (Å²) in [5.41, 5.74) is 1.78. The van der Waals surface area contributed by atoms with Crippen molar-refractivity contribution < 1.29 is 23.1 Å². The molecule has 0 saturated carbocycles. The van der Waals surface area contributed by atoms with E-state index < -0.39 is 6.61 Å². The number of carbonyl (C=O) groups excluding carboxylic acids is 2. The Bertz CT molecular complexity index is 815. The lowest BCUT2D eigenvalue weighted by Crippen LogP contribution is -2.30. The molecule has 0 aliphatic heterocycles. The van der Waals surface area contributed by atoms with Crippen LogP contribution < -0.4 is 10.1 Å². The number of benzene rings is 2. The van der Waals surface area contributed by atoms with Gasteiger partial charge in [-0.25, -0.2) is 0 Å². The lowest BCUT2D eigenvalue weighted by Gasteiger charge is -2.18. The van der Waals surface area contributed by atoms with Gasteiger partial charge < -0.3 is 15.0 Å². The van der Waals surface area contributed by atoms with E-state index in [1.165, 1.54) is 18.2 Å². The molecule has 0 aliphatic rings. The van der Waals surface area contributed by atoms with Crippen LogP contribution in [0.1, 0.15) is 29.8 Å². The predicted molar refractivity (Wildman–Crippen MR) is 104 cm³/mol. The summed E-state index contributed by atoms with van der Waals surface area (Å²) < 4.78 is 28.5. The maximum Gasteiger partial charge on any atom is 0.387 e. The molecule has 2 amide bonds. The van der Waals surface area contributed by atoms with Gasteiger partial charge in [0.05, 0.1) is 0 Å². The Kier molecular flexibility index (Phi) is 7.68. The van der Waals surface area contributed by atoms with Crippen LogP contribution >= 0.6 is 0 Å². The van der Waals surface area contributed by atoms with Crippen LogP contribution in [0, 0.1) is 0 Å². The minimum absolute atomic E-state index is 0.0518. The number of alkyl halides is 2. The van der Waals surface area contributed by atoms with Gasteiger partial charge in [0.2, 0.25) is 5.91 Å². The summed E-state index contributed by atoms with van der Waals surface area (Å²) in [5.74, 6) is -0.353. The number of halogens is 2. The van der Waals surface area contributed by atoms with E-state index in [2.05, 4.69) is 10.1 Å². The van der Waals surface area contributed by atoms with Crippen molar-refractivity contribution in [2.45, 2.75) is 20.5 Å². The number of rotatable bonds is 8. The van der Waals surface area contributed by atoms with Crippen LogP contribution in [0.2, 0.25) is 0 Å². The lowest BCUT2D eigenvalue weighted by molar-refractivity contribution is -0.111. The summed E-state index contributed by atoms with van der Waals surface area (Å²) in [6.07, 6.45) is 2.89. The molecule has 7 heteroatoms. The molecule has 5 nitrogen and oxygen atoms in total. The normalized spacial score (nSPS) is 10.9. The summed E-state index contributed by atoms with van der Waals surface area (Å²) in [7, 11) is 0. The van der Waals surface area contributed by atoms with Crippen LogP contribution in [0.25, 0.3) is 6.08 Å². The summed E-state index contributed by atoms with van der Waals surface area (Å²) in [5, 5.41) is 2.70. The SMILES string of the molecule is CCN(CC)C(=O)c1ccc(NC(=O)C=Cc2ccc(OC(F)F)cc2)cc1. The third-order valence-electron chi connectivity index (χ3n) is 3.98. The molecular formula is C21H22F2N2O3. The Balaban J connectivity index is 1.93. The average molecular weight is 388 g/mol. The van der Waals surface area contributed by atoms with Crippen LogP contribution in [0.3, 0.4) is 0 Å². The number of amides is 2. The zero-order chi connectivity index (χ0) is 20.5. The molecule has 0 unspecified atom stereocenters. The van der Waals surface area contributed by atoms with E-state index >= 15 is 0 Å². The molecule has 28 heavy (non-hydrogen) atoms. The molecule has 2 rings (SSSR count). The quantitative estimate of drug-likeness (QED) is 0.681. The Morgan fingerprint density at radius 2 is 1.64 bits per heavy atom. The van der Waals surface area contributed by atoms with Gasteiger partial charge in [-0.2, -0.15) is 8.78 Å². The number of carbonyl (C=O) groups is 2. The molecule has 0 radical (unpaired) electrons. The lowest BCUT2D eigenvalue weighted by atomic mass is 10.1. The van der Waals surface area contributed by atoms with Gasteiger partial charge >= 0.3 is 6.61 Å². The zero-order valence-electron chi connectivity index (χ0n) is 15.7. The molecule has 2 aromatic rings. The molecule has 2 aromatic carbocycles. The first-order chi connectivity index (χ1) is 13.4. The van der Waals surface area contributed by atoms with Crippen molar-refractivity contribution in [1.29, 1.82) is 0 Å². The number of nitrogens with zero attached hydrogens (tertiary/aromatic N) is 1. The number of hydrogen-bond acceptors (Lipinski definition) is 3. The summed E-state index contributed by atoms with van der Waals surface area (Å²) in [4.78, 5) is 26.0. The maximum absolute atomic E-state index is 12.3. The van der Waals surface area contributed by atoms with Gasteiger partial charge in [0, 0.05) is 30.4 Å². The third kappa shape index (κ3) is 6.19. The maximum atomic E-state index is 12.3. The molecular weight excluding hydrogens is 366 g/mol. The molecule has 0 fully saturated rings. The first-order valence-electron chi connectivity index (χ1n) is 8.86. The molecule has 1 N–H and O–H groups in total. The zero-order valence-corrected chi connectivity index (χ0v) is 15.7. The fourth-order valence-corrected chi connectivity index (χ4v) is 2.51. The first kappa shape index (κ1) is 21.1. The van der Waals surface area contributed by atoms with E-state index in [0.717, 1.165) is 0 Å². The molecule has 0 bridgehead atoms. The highest BCUT2D eigenvalue weighted by molar-refractivity contribution is 6.02. The number of hydrogen-bond donors (Lipinski definition) is 1. The average Bonchev–Trinajstić information content (AvgIpc) is 2.68. The van der Waals surface area contributed by atoms with Gasteiger partial charge in [0.15, 0.2) is 0 Å². The molecule has 148 valence electrons. The summed E-state index contributed by atoms with van der Waals surface area (Å²) in [6, 6.07) is 12.6. The van der Waals surface area contributed by atoms with Gasteiger partial charge in [-0.3, -0.25) is 9.59 Å². The van der Waals surface area contributed by atoms with Gasteiger partial charge in [0.1, 0.15) is 5.75 Å². The van der Waals surface area contributed by atoms with Crippen LogP contribution in [-0.4, -0.2) is 36.4 Å². The van der Waals surface area contributed by atoms with E-state index in [-0.39, 0.29) is 17.6 Å². The smallest absolute Gasteiger partial charge is 0.387 e. The van der Waals surface area contributed by atoms with Crippen molar-refractivity contribution in [3.8, 4) is 5.75 Å². The van der Waals surface area contributed by atoms with E-state index in [9.17, 15) is 18.4 Å². The second-order valence-electron chi connectivity index (χ2n) is 5.82. The van der Waals surface area contributed by atoms with Gasteiger partial charge in [-0.1, -0.05) is 12.1 Å². The molecule has 0 aliphatic carbocycles. The van der Waals surface area contributed by atoms with E-state index in [1.54, 1.807) is 47.4 Å². The highest BCUT2D eigenvalue weighted by Gasteiger charge is 2.12. The van der Waals surface area contributed by atoms with E-state index in [4.69, 9.17) is 0 Å². The fraction of sp³-hybridized carbons (Fsp3) is 0.238. The largest absolute Gasteiger partial charge is 0.435 e. The van der Waals surface area contributed by atoms with Crippen LogP contribution in [0.15, 0.2) is 54.6 Å². The second kappa shape index (κ2) is 10.2. The van der Waals surface area contributed by atoms with Crippen molar-refractivity contribution in [3.05, 3.63) is 65.7 Å². The van der Waals surface area contributed by atoms with E-state index in [1.807, 2.05) is 13.8 Å². The topological polar surface area (TPSA) is 58.6 Å². The van der Waals surface area contributed by atoms with Gasteiger partial charge in [-0.15, -0.1) is 0 Å². The van der Waals surface area contributed by atoms with Crippen LogP contribution in [0.4, 0.5) is 14.5 Å². The Morgan fingerprint density at radius 1 is 1.04 bits per heavy atom. The van der Waals surface area contributed by atoms with E-state index in [0.29, 0.717) is 29.9 Å². The number of ether oxygens (including phenoxy) is 1. The minimum Gasteiger partial charge on any atom is -0.435 e. The number of anilines is 1. The van der Waals surface area contributed by atoms with Gasteiger partial charge in [0.25, 0.3) is 5.91 Å². The third-order valence-corrected chi connectivity index (χ3v) is 3.98. The van der Waals surface area contributed by atoms with Crippen LogP contribution in [0.5, 0.6) is 5.75 Å². The molecule has 0 atom stereocenters. The molecule has 0 saturated heterocycles. The standard InChI is InChI=1S/C21H22F2N2O3/c1-3-25(4-2)20(27)16-8-10-17(11-9-16)24-19(26)14-7-15-5-12-18(13-6-15)28-21(22)23/h5-14,21H,3-4H2,1-2H3,(H,24,26). The number of nitrogens with one attached hydrogen (secondary N) is 1. The molecule has 0 spiro atoms. The summed E-state index contributed by atoms with van der Waals surface area (Å²) >= 11 is 0. The predicted octanol–water partition coefficient (Wildman–Crippen LogP) is 4.42. The fourth-order valence-electron chi connectivity index (χ4n) is 2.51. The van der Waals surface area contributed by atoms with Gasteiger partial charge in [-0.05, 0) is 61.9 Å². The van der Waals surface area contributed by atoms with Crippen molar-refractivity contribution in [3.63, 3.8) is 0 Å². The van der Waals surface area contributed by atoms with Crippen molar-refractivity contribution >= 4 is 23.6 Å². The first-order valence-corrected chi connectivity index (χ1v) is 8.86. The van der Waals surface area contributed by atoms with Crippen molar-refractivity contribution in [2.75, 3.05) is 18.4 Å². The Labute approximate surface area is 162 Å². The highest BCUT2D eigenvalue weighted by atomic mass is 19.3. The summed E-state index contributed by atoms with van der Waals surface area (Å²) in [6.45, 7) is 2.23. The van der Waals surface area contributed by atoms with Crippen LogP contribution in [-0.2, 0) is 4.79 Å². The monoisotopic (exact) mass is 388 g/mol. The second-order valence-corrected chi connectivity index (χ2v) is 5.82. The van der Waals surface area contributed by atoms with Crippen molar-refractivity contribution in [2.24, 2.45) is 0 Å². The Morgan fingerprint density at radius 3 is 2.18 bits per heavy atom. The van der Waals surface area contributed by atoms with Crippen molar-refractivity contribution in [1.82, 2.24) is 4.90 Å².